The first-order chi connectivity index (χ1) is 18.4. The van der Waals surface area contributed by atoms with Crippen LogP contribution in [0.4, 0.5) is 14.5 Å². The predicted octanol–water partition coefficient (Wildman–Crippen LogP) is 4.49. The molecule has 1 N–H and O–H groups in total. The number of halogens is 2. The van der Waals surface area contributed by atoms with Crippen molar-refractivity contribution in [2.75, 3.05) is 20.2 Å². The number of nitro benzene ring substituents is 1. The van der Waals surface area contributed by atoms with Crippen molar-refractivity contribution >= 4 is 17.6 Å². The number of esters is 2. The van der Waals surface area contributed by atoms with Crippen molar-refractivity contribution in [3.8, 4) is 0 Å². The van der Waals surface area contributed by atoms with Crippen molar-refractivity contribution in [2.45, 2.75) is 45.3 Å². The molecule has 4 rings (SSSR count). The molecule has 11 heteroatoms. The standard InChI is InChI=1S/C28H29F2N3O6/c1-16-23(26(34)38-4)25(19-6-5-7-22(12-19)33(36)37)24(17(2)31-16)27(35)39-28(3)8-9-32(15-28)14-18-10-20(29)13-21(30)11-18/h5-7,10-13,25,31H,8-9,14-15H2,1-4H3/t25?,28-/m0/s1. The summed E-state index contributed by atoms with van der Waals surface area (Å²) in [6.45, 7) is 6.22. The van der Waals surface area contributed by atoms with Gasteiger partial charge in [-0.15, -0.1) is 0 Å². The Morgan fingerprint density at radius 1 is 1.10 bits per heavy atom. The molecule has 206 valence electrons. The first kappa shape index (κ1) is 27.9. The van der Waals surface area contributed by atoms with E-state index in [0.29, 0.717) is 42.0 Å². The second-order valence-corrected chi connectivity index (χ2v) is 10.1. The highest BCUT2D eigenvalue weighted by Gasteiger charge is 2.43. The Kier molecular flexibility index (Phi) is 7.82. The number of benzene rings is 2. The highest BCUT2D eigenvalue weighted by Crippen LogP contribution is 2.41. The third kappa shape index (κ3) is 5.98. The second kappa shape index (κ2) is 10.9. The van der Waals surface area contributed by atoms with Crippen LogP contribution in [0.1, 0.15) is 44.2 Å². The van der Waals surface area contributed by atoms with Crippen molar-refractivity contribution in [3.63, 3.8) is 0 Å². The average molecular weight is 542 g/mol. The molecule has 1 unspecified atom stereocenters. The molecule has 1 saturated heterocycles. The number of nitrogens with zero attached hydrogens (tertiary/aromatic N) is 2. The van der Waals surface area contributed by atoms with Crippen LogP contribution in [0.5, 0.6) is 0 Å². The van der Waals surface area contributed by atoms with Gasteiger partial charge < -0.3 is 14.8 Å². The summed E-state index contributed by atoms with van der Waals surface area (Å²) in [5.74, 6) is -3.67. The van der Waals surface area contributed by atoms with E-state index in [-0.39, 0.29) is 23.4 Å². The zero-order chi connectivity index (χ0) is 28.5. The minimum atomic E-state index is -0.970. The van der Waals surface area contributed by atoms with Gasteiger partial charge in [0.15, 0.2) is 0 Å². The molecule has 9 nitrogen and oxygen atoms in total. The first-order valence-electron chi connectivity index (χ1n) is 12.3. The molecule has 1 fully saturated rings. The predicted molar refractivity (Wildman–Crippen MR) is 137 cm³/mol. The summed E-state index contributed by atoms with van der Waals surface area (Å²) in [4.78, 5) is 39.4. The number of hydrogen-bond donors (Lipinski definition) is 1. The van der Waals surface area contributed by atoms with E-state index in [9.17, 15) is 28.5 Å². The maximum atomic E-state index is 13.7. The number of likely N-dealkylation sites (tertiary alicyclic amines) is 1. The lowest BCUT2D eigenvalue weighted by molar-refractivity contribution is -0.384. The molecule has 2 aliphatic rings. The van der Waals surface area contributed by atoms with Crippen LogP contribution in [-0.2, 0) is 25.6 Å². The summed E-state index contributed by atoms with van der Waals surface area (Å²) < 4.78 is 38.3. The number of ether oxygens (including phenoxy) is 2. The van der Waals surface area contributed by atoms with Crippen LogP contribution in [0.3, 0.4) is 0 Å². The fourth-order valence-electron chi connectivity index (χ4n) is 5.28. The number of non-ortho nitro benzene ring substituents is 1. The van der Waals surface area contributed by atoms with Crippen molar-refractivity contribution < 1.29 is 32.8 Å². The van der Waals surface area contributed by atoms with Gasteiger partial charge in [0.1, 0.15) is 17.2 Å². The van der Waals surface area contributed by atoms with Crippen LogP contribution in [0.15, 0.2) is 65.0 Å². The Morgan fingerprint density at radius 3 is 2.36 bits per heavy atom. The number of carbonyl (C=O) groups excluding carboxylic acids is 2. The van der Waals surface area contributed by atoms with E-state index in [1.54, 1.807) is 26.8 Å². The van der Waals surface area contributed by atoms with Gasteiger partial charge in [0.05, 0.1) is 29.1 Å². The van der Waals surface area contributed by atoms with Gasteiger partial charge in [-0.2, -0.15) is 0 Å². The minimum absolute atomic E-state index is 0.133. The number of rotatable bonds is 7. The van der Waals surface area contributed by atoms with Gasteiger partial charge in [0.2, 0.25) is 0 Å². The van der Waals surface area contributed by atoms with Crippen molar-refractivity contribution in [1.29, 1.82) is 0 Å². The number of methoxy groups -OCH3 is 1. The van der Waals surface area contributed by atoms with Crippen molar-refractivity contribution in [1.82, 2.24) is 10.2 Å². The Morgan fingerprint density at radius 2 is 1.74 bits per heavy atom. The molecule has 2 heterocycles. The van der Waals surface area contributed by atoms with Gasteiger partial charge in [-0.3, -0.25) is 15.0 Å². The van der Waals surface area contributed by atoms with E-state index in [0.717, 1.165) is 6.07 Å². The highest BCUT2D eigenvalue weighted by molar-refractivity contribution is 6.00. The SMILES string of the molecule is COC(=O)C1=C(C)NC(C)=C(C(=O)O[C@@]2(C)CCN(Cc3cc(F)cc(F)c3)C2)C1c1cccc([N+](=O)[O-])c1. The van der Waals surface area contributed by atoms with Gasteiger partial charge in [-0.25, -0.2) is 18.4 Å². The van der Waals surface area contributed by atoms with E-state index in [1.165, 1.54) is 37.4 Å². The lowest BCUT2D eigenvalue weighted by Crippen LogP contribution is -2.39. The summed E-state index contributed by atoms with van der Waals surface area (Å²) in [6, 6.07) is 9.08. The fraction of sp³-hybridized carbons (Fsp3) is 0.357. The molecule has 2 aromatic rings. The molecule has 0 aliphatic carbocycles. The number of dihydropyridines is 1. The lowest BCUT2D eigenvalue weighted by atomic mass is 9.80. The Bertz CT molecular complexity index is 1390. The average Bonchev–Trinajstić information content (AvgIpc) is 3.21. The second-order valence-electron chi connectivity index (χ2n) is 10.1. The van der Waals surface area contributed by atoms with E-state index in [1.807, 2.05) is 4.90 Å². The normalized spacial score (nSPS) is 21.5. The van der Waals surface area contributed by atoms with E-state index < -0.39 is 40.0 Å². The molecule has 0 saturated carbocycles. The topological polar surface area (TPSA) is 111 Å². The van der Waals surface area contributed by atoms with Gasteiger partial charge in [-0.1, -0.05) is 12.1 Å². The van der Waals surface area contributed by atoms with Crippen LogP contribution in [0.2, 0.25) is 0 Å². The molecule has 0 aromatic heterocycles. The third-order valence-corrected chi connectivity index (χ3v) is 6.98. The summed E-state index contributed by atoms with van der Waals surface area (Å²) in [5, 5.41) is 14.5. The van der Waals surface area contributed by atoms with Crippen LogP contribution in [0.25, 0.3) is 0 Å². The maximum Gasteiger partial charge on any atom is 0.337 e. The lowest BCUT2D eigenvalue weighted by Gasteiger charge is -2.32. The molecule has 0 bridgehead atoms. The number of carbonyl (C=O) groups is 2. The van der Waals surface area contributed by atoms with Crippen LogP contribution in [0, 0.1) is 21.7 Å². The largest absolute Gasteiger partial charge is 0.466 e. The molecule has 0 spiro atoms. The number of hydrogen-bond acceptors (Lipinski definition) is 8. The fourth-order valence-corrected chi connectivity index (χ4v) is 5.28. The number of nitro groups is 1. The van der Waals surface area contributed by atoms with E-state index in [2.05, 4.69) is 5.32 Å². The Labute approximate surface area is 224 Å². The van der Waals surface area contributed by atoms with Gasteiger partial charge in [0.25, 0.3) is 5.69 Å². The highest BCUT2D eigenvalue weighted by atomic mass is 19.1. The first-order valence-corrected chi connectivity index (χ1v) is 12.3. The smallest absolute Gasteiger partial charge is 0.337 e. The van der Waals surface area contributed by atoms with Gasteiger partial charge in [0, 0.05) is 55.6 Å². The molecular weight excluding hydrogens is 512 g/mol. The third-order valence-electron chi connectivity index (χ3n) is 6.98. The summed E-state index contributed by atoms with van der Waals surface area (Å²) in [7, 11) is 1.22. The minimum Gasteiger partial charge on any atom is -0.466 e. The summed E-state index contributed by atoms with van der Waals surface area (Å²) in [5.41, 5.74) is 0.879. The molecule has 0 amide bonds. The molecule has 2 aliphatic heterocycles. The van der Waals surface area contributed by atoms with Crippen LogP contribution in [-0.4, -0.2) is 47.6 Å². The number of nitrogens with one attached hydrogen (secondary N) is 1. The van der Waals surface area contributed by atoms with E-state index >= 15 is 0 Å². The molecule has 39 heavy (non-hydrogen) atoms. The van der Waals surface area contributed by atoms with Crippen molar-refractivity contribution in [3.05, 3.63) is 97.9 Å². The number of allylic oxidation sites excluding steroid dienone is 2. The van der Waals surface area contributed by atoms with Gasteiger partial charge >= 0.3 is 11.9 Å². The monoisotopic (exact) mass is 541 g/mol. The summed E-state index contributed by atoms with van der Waals surface area (Å²) in [6.07, 6.45) is 0.469. The van der Waals surface area contributed by atoms with Crippen LogP contribution < -0.4 is 5.32 Å². The quantitative estimate of drug-likeness (QED) is 0.310. The van der Waals surface area contributed by atoms with Gasteiger partial charge in [-0.05, 0) is 44.0 Å². The maximum absolute atomic E-state index is 13.7. The molecule has 2 aromatic carbocycles. The Hall–Kier alpha value is -4.12. The van der Waals surface area contributed by atoms with E-state index in [4.69, 9.17) is 9.47 Å². The molecular formula is C28H29F2N3O6. The zero-order valence-corrected chi connectivity index (χ0v) is 22.0. The van der Waals surface area contributed by atoms with Crippen molar-refractivity contribution in [2.24, 2.45) is 0 Å². The summed E-state index contributed by atoms with van der Waals surface area (Å²) >= 11 is 0. The molecule has 2 atom stereocenters. The Balaban J connectivity index is 1.62. The molecule has 0 radical (unpaired) electrons. The zero-order valence-electron chi connectivity index (χ0n) is 22.0. The van der Waals surface area contributed by atoms with Crippen LogP contribution >= 0.6 is 0 Å².